The number of hydrogen-bond acceptors (Lipinski definition) is 6. The van der Waals surface area contributed by atoms with Crippen LogP contribution in [0.4, 0.5) is 11.8 Å². The van der Waals surface area contributed by atoms with Gasteiger partial charge in [-0.05, 0) is 42.3 Å². The standard InChI is InChI=1S/C16H17N5O/c1-2-22-12-5-3-4-10(8-12)11-6-7-14-13(9-11)15(21-18)20-16(17)19-14/h3-9H,2,18H2,1H3,(H3,17,19,20,21). The van der Waals surface area contributed by atoms with Gasteiger partial charge in [0.05, 0.1) is 12.1 Å². The summed E-state index contributed by atoms with van der Waals surface area (Å²) in [6.45, 7) is 2.60. The van der Waals surface area contributed by atoms with Crippen molar-refractivity contribution >= 4 is 22.7 Å². The molecule has 3 rings (SSSR count). The fraction of sp³-hybridized carbons (Fsp3) is 0.125. The molecule has 112 valence electrons. The largest absolute Gasteiger partial charge is 0.494 e. The van der Waals surface area contributed by atoms with Gasteiger partial charge in [0.2, 0.25) is 5.95 Å². The van der Waals surface area contributed by atoms with Gasteiger partial charge >= 0.3 is 0 Å². The number of anilines is 2. The highest BCUT2D eigenvalue weighted by atomic mass is 16.5. The van der Waals surface area contributed by atoms with E-state index in [9.17, 15) is 0 Å². The molecule has 0 atom stereocenters. The average Bonchev–Trinajstić information content (AvgIpc) is 2.54. The van der Waals surface area contributed by atoms with Crippen molar-refractivity contribution in [2.75, 3.05) is 17.8 Å². The Kier molecular flexibility index (Phi) is 3.76. The van der Waals surface area contributed by atoms with Crippen molar-refractivity contribution in [3.63, 3.8) is 0 Å². The van der Waals surface area contributed by atoms with E-state index in [2.05, 4.69) is 15.4 Å². The van der Waals surface area contributed by atoms with Gasteiger partial charge in [0, 0.05) is 5.39 Å². The van der Waals surface area contributed by atoms with Crippen LogP contribution in [0.25, 0.3) is 22.0 Å². The van der Waals surface area contributed by atoms with Crippen LogP contribution in [0, 0.1) is 0 Å². The van der Waals surface area contributed by atoms with E-state index < -0.39 is 0 Å². The first-order valence-corrected chi connectivity index (χ1v) is 6.98. The lowest BCUT2D eigenvalue weighted by Crippen LogP contribution is -2.11. The van der Waals surface area contributed by atoms with E-state index in [1.807, 2.05) is 49.4 Å². The van der Waals surface area contributed by atoms with E-state index in [0.29, 0.717) is 12.4 Å². The maximum absolute atomic E-state index is 5.67. The fourth-order valence-electron chi connectivity index (χ4n) is 2.37. The monoisotopic (exact) mass is 295 g/mol. The molecule has 6 nitrogen and oxygen atoms in total. The Balaban J connectivity index is 2.12. The van der Waals surface area contributed by atoms with Crippen LogP contribution in [0.5, 0.6) is 5.75 Å². The number of hydrazine groups is 1. The maximum Gasteiger partial charge on any atom is 0.222 e. The molecule has 3 aromatic rings. The molecule has 0 radical (unpaired) electrons. The molecule has 0 aliphatic rings. The summed E-state index contributed by atoms with van der Waals surface area (Å²) in [5, 5.41) is 0.816. The summed E-state index contributed by atoms with van der Waals surface area (Å²) >= 11 is 0. The van der Waals surface area contributed by atoms with Crippen LogP contribution in [0.2, 0.25) is 0 Å². The number of benzene rings is 2. The predicted molar refractivity (Wildman–Crippen MR) is 88.4 cm³/mol. The van der Waals surface area contributed by atoms with Gasteiger partial charge in [-0.1, -0.05) is 18.2 Å². The number of aromatic nitrogens is 2. The molecule has 2 aromatic carbocycles. The summed E-state index contributed by atoms with van der Waals surface area (Å²) in [7, 11) is 0. The van der Waals surface area contributed by atoms with Crippen LogP contribution in [0.1, 0.15) is 6.92 Å². The number of nitrogens with two attached hydrogens (primary N) is 2. The zero-order valence-corrected chi connectivity index (χ0v) is 12.2. The molecule has 5 N–H and O–H groups in total. The molecule has 0 saturated heterocycles. The number of nitrogens with zero attached hydrogens (tertiary/aromatic N) is 2. The molecule has 0 amide bonds. The number of ether oxygens (including phenoxy) is 1. The van der Waals surface area contributed by atoms with Gasteiger partial charge in [-0.15, -0.1) is 0 Å². The Morgan fingerprint density at radius 1 is 1.09 bits per heavy atom. The molecule has 1 heterocycles. The molecule has 22 heavy (non-hydrogen) atoms. The molecule has 0 aliphatic carbocycles. The number of nitrogen functional groups attached to an aromatic ring is 2. The second-order valence-corrected chi connectivity index (χ2v) is 4.77. The van der Waals surface area contributed by atoms with E-state index >= 15 is 0 Å². The maximum atomic E-state index is 5.67. The zero-order chi connectivity index (χ0) is 15.5. The van der Waals surface area contributed by atoms with Crippen LogP contribution in [0.15, 0.2) is 42.5 Å². The Hall–Kier alpha value is -2.86. The van der Waals surface area contributed by atoms with Crippen molar-refractivity contribution in [2.45, 2.75) is 6.92 Å². The fourth-order valence-corrected chi connectivity index (χ4v) is 2.37. The third kappa shape index (κ3) is 2.64. The van der Waals surface area contributed by atoms with Gasteiger partial charge in [-0.2, -0.15) is 4.98 Å². The highest BCUT2D eigenvalue weighted by Gasteiger charge is 2.08. The minimum absolute atomic E-state index is 0.187. The number of nitrogens with one attached hydrogen (secondary N) is 1. The molecule has 0 spiro atoms. The van der Waals surface area contributed by atoms with Gasteiger partial charge < -0.3 is 15.9 Å². The van der Waals surface area contributed by atoms with E-state index in [1.165, 1.54) is 0 Å². The summed E-state index contributed by atoms with van der Waals surface area (Å²) in [4.78, 5) is 8.32. The Morgan fingerprint density at radius 2 is 1.91 bits per heavy atom. The summed E-state index contributed by atoms with van der Waals surface area (Å²) in [5.41, 5.74) is 11.1. The Labute approximate surface area is 128 Å². The van der Waals surface area contributed by atoms with Crippen molar-refractivity contribution in [1.29, 1.82) is 0 Å². The molecular weight excluding hydrogens is 278 g/mol. The van der Waals surface area contributed by atoms with Gasteiger partial charge in [-0.25, -0.2) is 10.8 Å². The van der Waals surface area contributed by atoms with Gasteiger partial charge in [0.15, 0.2) is 5.82 Å². The quantitative estimate of drug-likeness (QED) is 0.505. The third-order valence-corrected chi connectivity index (χ3v) is 3.33. The SMILES string of the molecule is CCOc1cccc(-c2ccc3nc(N)nc(NN)c3c2)c1. The minimum atomic E-state index is 0.187. The summed E-state index contributed by atoms with van der Waals surface area (Å²) in [5.74, 6) is 7.05. The van der Waals surface area contributed by atoms with Crippen molar-refractivity contribution < 1.29 is 4.74 Å². The number of fused-ring (bicyclic) bond motifs is 1. The number of hydrogen-bond donors (Lipinski definition) is 3. The first kappa shape index (κ1) is 14.1. The van der Waals surface area contributed by atoms with E-state index in [4.69, 9.17) is 16.3 Å². The molecule has 0 aliphatic heterocycles. The molecule has 0 bridgehead atoms. The highest BCUT2D eigenvalue weighted by molar-refractivity contribution is 5.93. The van der Waals surface area contributed by atoms with Crippen molar-refractivity contribution in [3.05, 3.63) is 42.5 Å². The van der Waals surface area contributed by atoms with Gasteiger partial charge in [0.1, 0.15) is 5.75 Å². The lowest BCUT2D eigenvalue weighted by Gasteiger charge is -2.09. The summed E-state index contributed by atoms with van der Waals surface area (Å²) < 4.78 is 5.54. The summed E-state index contributed by atoms with van der Waals surface area (Å²) in [6, 6.07) is 13.8. The summed E-state index contributed by atoms with van der Waals surface area (Å²) in [6.07, 6.45) is 0. The normalized spacial score (nSPS) is 10.6. The second-order valence-electron chi connectivity index (χ2n) is 4.77. The molecule has 6 heteroatoms. The van der Waals surface area contributed by atoms with Gasteiger partial charge in [0.25, 0.3) is 0 Å². The first-order chi connectivity index (χ1) is 10.7. The average molecular weight is 295 g/mol. The van der Waals surface area contributed by atoms with Crippen LogP contribution in [-0.2, 0) is 0 Å². The topological polar surface area (TPSA) is 99.1 Å². The first-order valence-electron chi connectivity index (χ1n) is 6.98. The van der Waals surface area contributed by atoms with Crippen LogP contribution in [-0.4, -0.2) is 16.6 Å². The van der Waals surface area contributed by atoms with Crippen molar-refractivity contribution in [2.24, 2.45) is 5.84 Å². The number of rotatable bonds is 4. The van der Waals surface area contributed by atoms with E-state index in [-0.39, 0.29) is 5.95 Å². The molecule has 0 fully saturated rings. The third-order valence-electron chi connectivity index (χ3n) is 3.33. The van der Waals surface area contributed by atoms with Gasteiger partial charge in [-0.3, -0.25) is 0 Å². The van der Waals surface area contributed by atoms with Crippen LogP contribution in [0.3, 0.4) is 0 Å². The van der Waals surface area contributed by atoms with Crippen molar-refractivity contribution in [1.82, 2.24) is 9.97 Å². The minimum Gasteiger partial charge on any atom is -0.494 e. The van der Waals surface area contributed by atoms with E-state index in [1.54, 1.807) is 0 Å². The lowest BCUT2D eigenvalue weighted by molar-refractivity contribution is 0.340. The predicted octanol–water partition coefficient (Wildman–Crippen LogP) is 2.56. The molecule has 1 aromatic heterocycles. The Bertz CT molecular complexity index is 819. The molecule has 0 unspecified atom stereocenters. The van der Waals surface area contributed by atoms with Crippen LogP contribution < -0.4 is 21.7 Å². The Morgan fingerprint density at radius 3 is 2.68 bits per heavy atom. The second kappa shape index (κ2) is 5.87. The van der Waals surface area contributed by atoms with E-state index in [0.717, 1.165) is 27.8 Å². The zero-order valence-electron chi connectivity index (χ0n) is 12.2. The lowest BCUT2D eigenvalue weighted by atomic mass is 10.0. The molecular formula is C16H17N5O. The molecule has 0 saturated carbocycles. The smallest absolute Gasteiger partial charge is 0.222 e. The highest BCUT2D eigenvalue weighted by Crippen LogP contribution is 2.29. The van der Waals surface area contributed by atoms with Crippen molar-refractivity contribution in [3.8, 4) is 16.9 Å². The van der Waals surface area contributed by atoms with Crippen LogP contribution >= 0.6 is 0 Å².